The van der Waals surface area contributed by atoms with Crippen LogP contribution in [0.2, 0.25) is 0 Å². The number of rotatable bonds is 10. The molecule has 0 aliphatic rings. The van der Waals surface area contributed by atoms with E-state index in [0.717, 1.165) is 50.5 Å². The van der Waals surface area contributed by atoms with Gasteiger partial charge in [-0.2, -0.15) is 0 Å². The van der Waals surface area contributed by atoms with E-state index in [-0.39, 0.29) is 0 Å². The van der Waals surface area contributed by atoms with E-state index in [1.54, 1.807) is 0 Å². The van der Waals surface area contributed by atoms with Crippen molar-refractivity contribution < 1.29 is 0 Å². The largest absolute Gasteiger partial charge is 0.299 e. The Hall–Kier alpha value is -2.56. The van der Waals surface area contributed by atoms with Crippen LogP contribution in [0.3, 0.4) is 0 Å². The van der Waals surface area contributed by atoms with E-state index in [4.69, 9.17) is 0 Å². The normalized spacial score (nSPS) is 11.3. The quantitative estimate of drug-likeness (QED) is 0.533. The second-order valence-electron chi connectivity index (χ2n) is 7.26. The predicted octanol–water partition coefficient (Wildman–Crippen LogP) is 4.17. The number of likely N-dealkylation sites (N-methyl/N-ethyl adjacent to an activating group) is 1. The van der Waals surface area contributed by atoms with Gasteiger partial charge in [-0.15, -0.1) is 0 Å². The Labute approximate surface area is 168 Å². The molecule has 0 bridgehead atoms. The number of nitrogens with zero attached hydrogens (tertiary/aromatic N) is 4. The molecule has 1 aromatic carbocycles. The van der Waals surface area contributed by atoms with Crippen LogP contribution in [0, 0.1) is 0 Å². The van der Waals surface area contributed by atoms with Crippen LogP contribution in [0.5, 0.6) is 0 Å². The van der Waals surface area contributed by atoms with E-state index < -0.39 is 0 Å². The first kappa shape index (κ1) is 20.2. The summed E-state index contributed by atoms with van der Waals surface area (Å²) in [5, 5.41) is 0. The Kier molecular flexibility index (Phi) is 7.71. The third kappa shape index (κ3) is 6.55. The lowest BCUT2D eigenvalue weighted by atomic mass is 10.1. The minimum Gasteiger partial charge on any atom is -0.299 e. The molecule has 0 aliphatic heterocycles. The molecule has 3 aromatic rings. The summed E-state index contributed by atoms with van der Waals surface area (Å²) in [4.78, 5) is 13.7. The Morgan fingerprint density at radius 1 is 0.679 bits per heavy atom. The Bertz CT molecular complexity index is 803. The zero-order chi connectivity index (χ0) is 19.6. The van der Waals surface area contributed by atoms with Crippen LogP contribution in [0.1, 0.15) is 29.4 Å². The molecule has 0 spiro atoms. The van der Waals surface area contributed by atoms with Gasteiger partial charge in [0.25, 0.3) is 0 Å². The van der Waals surface area contributed by atoms with E-state index in [1.165, 1.54) is 11.1 Å². The van der Waals surface area contributed by atoms with Gasteiger partial charge >= 0.3 is 0 Å². The van der Waals surface area contributed by atoms with Crippen molar-refractivity contribution in [3.63, 3.8) is 0 Å². The lowest BCUT2D eigenvalue weighted by Crippen LogP contribution is -2.33. The summed E-state index contributed by atoms with van der Waals surface area (Å²) in [6, 6.07) is 21.2. The molecule has 0 amide bonds. The number of pyridine rings is 2. The van der Waals surface area contributed by atoms with E-state index >= 15 is 0 Å². The Morgan fingerprint density at radius 2 is 1.29 bits per heavy atom. The maximum atomic E-state index is 4.52. The lowest BCUT2D eigenvalue weighted by Gasteiger charge is -2.25. The van der Waals surface area contributed by atoms with Crippen molar-refractivity contribution in [1.82, 2.24) is 19.8 Å². The molecule has 4 nitrogen and oxygen atoms in total. The van der Waals surface area contributed by atoms with Gasteiger partial charge in [0.05, 0.1) is 11.4 Å². The van der Waals surface area contributed by atoms with Crippen molar-refractivity contribution >= 4 is 0 Å². The van der Waals surface area contributed by atoms with E-state index in [0.29, 0.717) is 0 Å². The van der Waals surface area contributed by atoms with Crippen LogP contribution < -0.4 is 0 Å². The maximum absolute atomic E-state index is 4.52. The SMILES string of the molecule is CCc1ccc(CN(CCN(C)Cc2ccccn2)Cc2ccccn2)cc1. The average Bonchev–Trinajstić information content (AvgIpc) is 2.74. The van der Waals surface area contributed by atoms with E-state index in [2.05, 4.69) is 76.2 Å². The minimum absolute atomic E-state index is 0.855. The van der Waals surface area contributed by atoms with Gasteiger partial charge in [-0.1, -0.05) is 43.3 Å². The molecule has 0 saturated heterocycles. The zero-order valence-corrected chi connectivity index (χ0v) is 17.0. The number of hydrogen-bond donors (Lipinski definition) is 0. The van der Waals surface area contributed by atoms with Crippen LogP contribution in [0.4, 0.5) is 0 Å². The highest BCUT2D eigenvalue weighted by Crippen LogP contribution is 2.11. The number of hydrogen-bond acceptors (Lipinski definition) is 4. The van der Waals surface area contributed by atoms with Gasteiger partial charge in [-0.3, -0.25) is 19.8 Å². The Balaban J connectivity index is 1.61. The zero-order valence-electron chi connectivity index (χ0n) is 17.0. The summed E-state index contributed by atoms with van der Waals surface area (Å²) in [6.07, 6.45) is 4.81. The molecule has 0 fully saturated rings. The van der Waals surface area contributed by atoms with Gasteiger partial charge in [0.15, 0.2) is 0 Å². The molecule has 0 unspecified atom stereocenters. The molecule has 28 heavy (non-hydrogen) atoms. The van der Waals surface area contributed by atoms with Crippen LogP contribution in [0.15, 0.2) is 73.1 Å². The smallest absolute Gasteiger partial charge is 0.0544 e. The molecule has 0 aliphatic carbocycles. The van der Waals surface area contributed by atoms with Crippen molar-refractivity contribution in [2.45, 2.75) is 33.0 Å². The third-order valence-corrected chi connectivity index (χ3v) is 4.91. The number of aryl methyl sites for hydroxylation is 1. The van der Waals surface area contributed by atoms with Crippen LogP contribution >= 0.6 is 0 Å². The van der Waals surface area contributed by atoms with Crippen LogP contribution in [-0.2, 0) is 26.1 Å². The molecule has 0 atom stereocenters. The van der Waals surface area contributed by atoms with Crippen LogP contribution in [0.25, 0.3) is 0 Å². The maximum Gasteiger partial charge on any atom is 0.0544 e. The van der Waals surface area contributed by atoms with Gasteiger partial charge < -0.3 is 0 Å². The molecule has 146 valence electrons. The molecule has 0 saturated carbocycles. The summed E-state index contributed by atoms with van der Waals surface area (Å²) < 4.78 is 0. The van der Waals surface area contributed by atoms with Crippen molar-refractivity contribution in [3.05, 3.63) is 95.6 Å². The summed E-state index contributed by atoms with van der Waals surface area (Å²) >= 11 is 0. The average molecular weight is 375 g/mol. The van der Waals surface area contributed by atoms with Gasteiger partial charge in [0.2, 0.25) is 0 Å². The fraction of sp³-hybridized carbons (Fsp3) is 0.333. The standard InChI is InChI=1S/C24H30N4/c1-3-21-10-12-22(13-11-21)18-28(20-24-9-5-7-15-26-24)17-16-27(2)19-23-8-4-6-14-25-23/h4-15H,3,16-20H2,1-2H3. The van der Waals surface area contributed by atoms with Gasteiger partial charge in [-0.05, 0) is 48.9 Å². The number of aromatic nitrogens is 2. The van der Waals surface area contributed by atoms with Crippen molar-refractivity contribution in [3.8, 4) is 0 Å². The second-order valence-corrected chi connectivity index (χ2v) is 7.26. The molecule has 4 heteroatoms. The highest BCUT2D eigenvalue weighted by Gasteiger charge is 2.10. The second kappa shape index (κ2) is 10.7. The van der Waals surface area contributed by atoms with Crippen molar-refractivity contribution in [2.75, 3.05) is 20.1 Å². The van der Waals surface area contributed by atoms with Gasteiger partial charge in [-0.25, -0.2) is 0 Å². The summed E-state index contributed by atoms with van der Waals surface area (Å²) in [7, 11) is 2.16. The van der Waals surface area contributed by atoms with Gasteiger partial charge in [0, 0.05) is 45.1 Å². The van der Waals surface area contributed by atoms with E-state index in [9.17, 15) is 0 Å². The molecular formula is C24H30N4. The first-order chi connectivity index (χ1) is 13.7. The third-order valence-electron chi connectivity index (χ3n) is 4.91. The molecule has 2 aromatic heterocycles. The topological polar surface area (TPSA) is 32.3 Å². The van der Waals surface area contributed by atoms with E-state index in [1.807, 2.05) is 30.6 Å². The van der Waals surface area contributed by atoms with Crippen LogP contribution in [-0.4, -0.2) is 39.9 Å². The van der Waals surface area contributed by atoms with Crippen molar-refractivity contribution in [1.29, 1.82) is 0 Å². The fourth-order valence-corrected chi connectivity index (χ4v) is 3.23. The van der Waals surface area contributed by atoms with Gasteiger partial charge in [0.1, 0.15) is 0 Å². The molecule has 0 N–H and O–H groups in total. The minimum atomic E-state index is 0.855. The van der Waals surface area contributed by atoms with Crippen molar-refractivity contribution in [2.24, 2.45) is 0 Å². The first-order valence-corrected chi connectivity index (χ1v) is 10.0. The number of benzene rings is 1. The summed E-state index contributed by atoms with van der Waals surface area (Å²) in [5.41, 5.74) is 4.95. The summed E-state index contributed by atoms with van der Waals surface area (Å²) in [5.74, 6) is 0. The Morgan fingerprint density at radius 3 is 1.86 bits per heavy atom. The highest BCUT2D eigenvalue weighted by molar-refractivity contribution is 5.22. The first-order valence-electron chi connectivity index (χ1n) is 10.0. The molecule has 2 heterocycles. The molecule has 0 radical (unpaired) electrons. The fourth-order valence-electron chi connectivity index (χ4n) is 3.23. The lowest BCUT2D eigenvalue weighted by molar-refractivity contribution is 0.206. The molecule has 3 rings (SSSR count). The monoisotopic (exact) mass is 374 g/mol. The molecular weight excluding hydrogens is 344 g/mol. The predicted molar refractivity (Wildman–Crippen MR) is 115 cm³/mol. The highest BCUT2D eigenvalue weighted by atomic mass is 15.2. The summed E-state index contributed by atoms with van der Waals surface area (Å²) in [6.45, 7) is 6.81.